The molecule has 1 heterocycles. The molecule has 6 nitrogen and oxygen atoms in total. The maximum Gasteiger partial charge on any atom is 0.291 e. The predicted molar refractivity (Wildman–Crippen MR) is 86.3 cm³/mol. The fourth-order valence-electron chi connectivity index (χ4n) is 2.96. The van der Waals surface area contributed by atoms with Crippen LogP contribution < -0.4 is 5.32 Å². The van der Waals surface area contributed by atoms with E-state index in [1.54, 1.807) is 4.68 Å². The molecule has 1 aromatic heterocycles. The zero-order chi connectivity index (χ0) is 16.1. The molecule has 1 aromatic carbocycles. The Balaban J connectivity index is 1.61. The Labute approximate surface area is 135 Å². The van der Waals surface area contributed by atoms with Gasteiger partial charge in [0.2, 0.25) is 5.82 Å². The SMILES string of the molecule is O=C(NCC1(O)CCCCCC1)c1ncn(-c2ccccc2)n1. The summed E-state index contributed by atoms with van der Waals surface area (Å²) in [5, 5.41) is 17.5. The molecule has 23 heavy (non-hydrogen) atoms. The molecule has 2 aromatic rings. The first-order valence-corrected chi connectivity index (χ1v) is 8.14. The topological polar surface area (TPSA) is 80.0 Å². The summed E-state index contributed by atoms with van der Waals surface area (Å²) in [5.74, 6) is -0.233. The molecule has 0 unspecified atom stereocenters. The van der Waals surface area contributed by atoms with Gasteiger partial charge in [-0.25, -0.2) is 9.67 Å². The Bertz CT molecular complexity index is 646. The van der Waals surface area contributed by atoms with Crippen molar-refractivity contribution in [1.82, 2.24) is 20.1 Å². The third-order valence-corrected chi connectivity index (χ3v) is 4.33. The molecule has 1 amide bonds. The van der Waals surface area contributed by atoms with Crippen LogP contribution in [0.2, 0.25) is 0 Å². The van der Waals surface area contributed by atoms with Crippen LogP contribution in [0.15, 0.2) is 36.7 Å². The van der Waals surface area contributed by atoms with Crippen LogP contribution in [-0.2, 0) is 0 Å². The van der Waals surface area contributed by atoms with Crippen molar-refractivity contribution < 1.29 is 9.90 Å². The van der Waals surface area contributed by atoms with E-state index in [0.717, 1.165) is 44.2 Å². The van der Waals surface area contributed by atoms with Gasteiger partial charge in [0, 0.05) is 6.54 Å². The van der Waals surface area contributed by atoms with E-state index in [4.69, 9.17) is 0 Å². The summed E-state index contributed by atoms with van der Waals surface area (Å²) in [4.78, 5) is 16.3. The second kappa shape index (κ2) is 6.91. The summed E-state index contributed by atoms with van der Waals surface area (Å²) in [6.45, 7) is 0.256. The first-order valence-electron chi connectivity index (χ1n) is 8.14. The van der Waals surface area contributed by atoms with Gasteiger partial charge in [-0.3, -0.25) is 4.79 Å². The summed E-state index contributed by atoms with van der Waals surface area (Å²) >= 11 is 0. The molecule has 0 aliphatic heterocycles. The number of nitrogens with one attached hydrogen (secondary N) is 1. The van der Waals surface area contributed by atoms with Crippen LogP contribution in [0.4, 0.5) is 0 Å². The quantitative estimate of drug-likeness (QED) is 0.847. The van der Waals surface area contributed by atoms with E-state index in [-0.39, 0.29) is 18.3 Å². The standard InChI is InChI=1S/C17H22N4O2/c22-16(18-12-17(23)10-6-1-2-7-11-17)15-19-13-21(20-15)14-8-4-3-5-9-14/h3-5,8-9,13,23H,1-2,6-7,10-12H2,(H,18,22). The molecule has 0 saturated heterocycles. The lowest BCUT2D eigenvalue weighted by atomic mass is 9.94. The number of amides is 1. The van der Waals surface area contributed by atoms with Gasteiger partial charge in [0.1, 0.15) is 6.33 Å². The van der Waals surface area contributed by atoms with E-state index in [9.17, 15) is 9.90 Å². The van der Waals surface area contributed by atoms with E-state index >= 15 is 0 Å². The molecule has 0 spiro atoms. The highest BCUT2D eigenvalue weighted by Crippen LogP contribution is 2.26. The Morgan fingerprint density at radius 1 is 1.17 bits per heavy atom. The summed E-state index contributed by atoms with van der Waals surface area (Å²) in [6.07, 6.45) is 7.31. The van der Waals surface area contributed by atoms with E-state index in [0.29, 0.717) is 0 Å². The van der Waals surface area contributed by atoms with Gasteiger partial charge in [0.05, 0.1) is 11.3 Å². The Morgan fingerprint density at radius 3 is 2.57 bits per heavy atom. The molecule has 0 bridgehead atoms. The second-order valence-corrected chi connectivity index (χ2v) is 6.17. The predicted octanol–water partition coefficient (Wildman–Crippen LogP) is 2.08. The third-order valence-electron chi connectivity index (χ3n) is 4.33. The van der Waals surface area contributed by atoms with Crippen molar-refractivity contribution in [3.05, 3.63) is 42.5 Å². The van der Waals surface area contributed by atoms with Crippen LogP contribution in [0.25, 0.3) is 5.69 Å². The van der Waals surface area contributed by atoms with Crippen LogP contribution in [0.5, 0.6) is 0 Å². The fourth-order valence-corrected chi connectivity index (χ4v) is 2.96. The number of rotatable bonds is 4. The number of aromatic nitrogens is 3. The molecule has 0 atom stereocenters. The van der Waals surface area contributed by atoms with Crippen molar-refractivity contribution >= 4 is 5.91 Å². The van der Waals surface area contributed by atoms with E-state index in [1.165, 1.54) is 6.33 Å². The molecule has 0 radical (unpaired) electrons. The molecule has 122 valence electrons. The van der Waals surface area contributed by atoms with Crippen molar-refractivity contribution in [3.8, 4) is 5.69 Å². The summed E-state index contributed by atoms with van der Waals surface area (Å²) in [5.41, 5.74) is 0.0511. The lowest BCUT2D eigenvalue weighted by Gasteiger charge is -2.26. The van der Waals surface area contributed by atoms with Gasteiger partial charge in [-0.15, -0.1) is 5.10 Å². The molecule has 1 aliphatic rings. The number of benzene rings is 1. The van der Waals surface area contributed by atoms with Crippen LogP contribution in [0.1, 0.15) is 49.1 Å². The minimum Gasteiger partial charge on any atom is -0.388 e. The minimum atomic E-state index is -0.797. The highest BCUT2D eigenvalue weighted by Gasteiger charge is 2.29. The number of carbonyl (C=O) groups excluding carboxylic acids is 1. The molecule has 2 N–H and O–H groups in total. The number of para-hydroxylation sites is 1. The van der Waals surface area contributed by atoms with Crippen molar-refractivity contribution in [2.45, 2.75) is 44.1 Å². The molecule has 1 fully saturated rings. The lowest BCUT2D eigenvalue weighted by Crippen LogP contribution is -2.42. The average molecular weight is 314 g/mol. The molecule has 6 heteroatoms. The van der Waals surface area contributed by atoms with E-state index < -0.39 is 5.60 Å². The molecule has 3 rings (SSSR count). The Kier molecular flexibility index (Phi) is 4.71. The van der Waals surface area contributed by atoms with Gasteiger partial charge in [0.25, 0.3) is 5.91 Å². The largest absolute Gasteiger partial charge is 0.388 e. The number of nitrogens with zero attached hydrogens (tertiary/aromatic N) is 3. The lowest BCUT2D eigenvalue weighted by molar-refractivity contribution is 0.0245. The Morgan fingerprint density at radius 2 is 1.87 bits per heavy atom. The minimum absolute atomic E-state index is 0.117. The number of carbonyl (C=O) groups is 1. The maximum atomic E-state index is 12.2. The first-order chi connectivity index (χ1) is 11.2. The molecule has 1 aliphatic carbocycles. The van der Waals surface area contributed by atoms with E-state index in [2.05, 4.69) is 15.4 Å². The highest BCUT2D eigenvalue weighted by molar-refractivity contribution is 5.90. The summed E-state index contributed by atoms with van der Waals surface area (Å²) in [6, 6.07) is 9.51. The molecular weight excluding hydrogens is 292 g/mol. The van der Waals surface area contributed by atoms with Crippen LogP contribution in [0, 0.1) is 0 Å². The van der Waals surface area contributed by atoms with Gasteiger partial charge < -0.3 is 10.4 Å². The zero-order valence-electron chi connectivity index (χ0n) is 13.1. The van der Waals surface area contributed by atoms with Crippen LogP contribution >= 0.6 is 0 Å². The summed E-state index contributed by atoms with van der Waals surface area (Å²) in [7, 11) is 0. The van der Waals surface area contributed by atoms with Gasteiger partial charge in [0.15, 0.2) is 0 Å². The second-order valence-electron chi connectivity index (χ2n) is 6.17. The van der Waals surface area contributed by atoms with Crippen molar-refractivity contribution in [3.63, 3.8) is 0 Å². The van der Waals surface area contributed by atoms with Crippen LogP contribution in [0.3, 0.4) is 0 Å². The van der Waals surface area contributed by atoms with E-state index in [1.807, 2.05) is 30.3 Å². The van der Waals surface area contributed by atoms with Gasteiger partial charge in [-0.1, -0.05) is 43.9 Å². The van der Waals surface area contributed by atoms with Crippen molar-refractivity contribution in [1.29, 1.82) is 0 Å². The average Bonchev–Trinajstić information content (AvgIpc) is 2.97. The number of aliphatic hydroxyl groups is 1. The van der Waals surface area contributed by atoms with Gasteiger partial charge >= 0.3 is 0 Å². The van der Waals surface area contributed by atoms with Gasteiger partial charge in [-0.2, -0.15) is 0 Å². The van der Waals surface area contributed by atoms with Crippen LogP contribution in [-0.4, -0.2) is 37.9 Å². The molecular formula is C17H22N4O2. The highest BCUT2D eigenvalue weighted by atomic mass is 16.3. The fraction of sp³-hybridized carbons (Fsp3) is 0.471. The smallest absolute Gasteiger partial charge is 0.291 e. The zero-order valence-corrected chi connectivity index (χ0v) is 13.1. The molecule has 1 saturated carbocycles. The summed E-state index contributed by atoms with van der Waals surface area (Å²) < 4.78 is 1.56. The van der Waals surface area contributed by atoms with Gasteiger partial charge in [-0.05, 0) is 25.0 Å². The van der Waals surface area contributed by atoms with Crippen molar-refractivity contribution in [2.75, 3.05) is 6.54 Å². The maximum absolute atomic E-state index is 12.2. The normalized spacial score (nSPS) is 17.4. The third kappa shape index (κ3) is 3.96. The number of hydrogen-bond acceptors (Lipinski definition) is 4. The monoisotopic (exact) mass is 314 g/mol. The van der Waals surface area contributed by atoms with Crippen molar-refractivity contribution in [2.24, 2.45) is 0 Å². The number of hydrogen-bond donors (Lipinski definition) is 2. The first kappa shape index (κ1) is 15.7. The Hall–Kier alpha value is -2.21.